The Kier molecular flexibility index (Phi) is 4.94. The lowest BCUT2D eigenvalue weighted by molar-refractivity contribution is -0.384. The Bertz CT molecular complexity index is 1110. The van der Waals surface area contributed by atoms with Gasteiger partial charge in [0.2, 0.25) is 5.88 Å². The third-order valence-electron chi connectivity index (χ3n) is 4.32. The fourth-order valence-corrected chi connectivity index (χ4v) is 3.10. The van der Waals surface area contributed by atoms with Crippen LogP contribution in [0.2, 0.25) is 5.02 Å². The van der Waals surface area contributed by atoms with Gasteiger partial charge in [0.15, 0.2) is 11.5 Å². The quantitative estimate of drug-likeness (QED) is 0.363. The van der Waals surface area contributed by atoms with Crippen LogP contribution in [0.1, 0.15) is 17.8 Å². The summed E-state index contributed by atoms with van der Waals surface area (Å²) in [5, 5.41) is 22.5. The normalized spacial score (nSPS) is 11.0. The van der Waals surface area contributed by atoms with Crippen LogP contribution in [0.3, 0.4) is 0 Å². The van der Waals surface area contributed by atoms with Crippen molar-refractivity contribution in [2.75, 3.05) is 0 Å². The summed E-state index contributed by atoms with van der Waals surface area (Å²) < 4.78 is 7.50. The molecule has 0 saturated heterocycles. The zero-order chi connectivity index (χ0) is 19.5. The second-order valence-electron chi connectivity index (χ2n) is 6.22. The van der Waals surface area contributed by atoms with Crippen LogP contribution >= 0.6 is 11.6 Å². The number of nitro benzene ring substituents is 1. The average molecular weight is 398 g/mol. The van der Waals surface area contributed by atoms with Gasteiger partial charge in [0, 0.05) is 18.6 Å². The van der Waals surface area contributed by atoms with E-state index in [1.54, 1.807) is 16.6 Å². The number of H-pyrrole nitrogens is 1. The van der Waals surface area contributed by atoms with E-state index in [2.05, 4.69) is 15.3 Å². The molecule has 4 rings (SSSR count). The molecule has 0 amide bonds. The first-order valence-corrected chi connectivity index (χ1v) is 9.07. The molecule has 0 unspecified atom stereocenters. The molecule has 0 atom stereocenters. The number of halogens is 1. The number of ether oxygens (including phenoxy) is 1. The molecule has 4 aromatic rings. The van der Waals surface area contributed by atoms with Crippen molar-refractivity contribution in [1.29, 1.82) is 0 Å². The summed E-state index contributed by atoms with van der Waals surface area (Å²) in [7, 11) is 0. The predicted molar refractivity (Wildman–Crippen MR) is 104 cm³/mol. The molecule has 2 aromatic heterocycles. The van der Waals surface area contributed by atoms with E-state index in [0.29, 0.717) is 28.7 Å². The van der Waals surface area contributed by atoms with Crippen LogP contribution < -0.4 is 4.74 Å². The van der Waals surface area contributed by atoms with Crippen LogP contribution in [-0.2, 0) is 12.8 Å². The maximum absolute atomic E-state index is 10.7. The maximum atomic E-state index is 10.7. The van der Waals surface area contributed by atoms with Crippen LogP contribution in [0.25, 0.3) is 5.65 Å². The van der Waals surface area contributed by atoms with E-state index in [4.69, 9.17) is 16.3 Å². The van der Waals surface area contributed by atoms with E-state index in [9.17, 15) is 10.1 Å². The molecular weight excluding hydrogens is 382 g/mol. The predicted octanol–water partition coefficient (Wildman–Crippen LogP) is 4.59. The zero-order valence-electron chi connectivity index (χ0n) is 14.7. The maximum Gasteiger partial charge on any atom is 0.269 e. The van der Waals surface area contributed by atoms with Crippen molar-refractivity contribution in [3.63, 3.8) is 0 Å². The zero-order valence-corrected chi connectivity index (χ0v) is 15.5. The highest BCUT2D eigenvalue weighted by atomic mass is 35.5. The first-order chi connectivity index (χ1) is 13.6. The number of rotatable bonds is 7. The number of hydrogen-bond acceptors (Lipinski definition) is 5. The third-order valence-corrected chi connectivity index (χ3v) is 4.66. The number of non-ortho nitro benzene ring substituents is 1. The Labute approximate surface area is 164 Å². The molecule has 0 bridgehead atoms. The van der Waals surface area contributed by atoms with Crippen LogP contribution in [0, 0.1) is 10.1 Å². The van der Waals surface area contributed by atoms with Crippen LogP contribution in [0.4, 0.5) is 5.69 Å². The Balaban J connectivity index is 1.44. The standard InChI is InChI=1S/C19H16ClN5O3/c20-17-18-22-21-16(8-4-5-13-9-11-14(12-10-13)25(26)27)24(18)23-19(17)28-15-6-2-1-3-7-15/h1-3,6-7,9-12,23H,4-5,8H2. The molecule has 1 N–H and O–H groups in total. The van der Waals surface area contributed by atoms with E-state index in [1.807, 2.05) is 30.3 Å². The summed E-state index contributed by atoms with van der Waals surface area (Å²) in [6.07, 6.45) is 2.25. The number of nitrogens with zero attached hydrogens (tertiary/aromatic N) is 4. The number of fused-ring (bicyclic) bond motifs is 1. The minimum atomic E-state index is -0.402. The lowest BCUT2D eigenvalue weighted by atomic mass is 10.1. The van der Waals surface area contributed by atoms with E-state index >= 15 is 0 Å². The van der Waals surface area contributed by atoms with Crippen molar-refractivity contribution in [1.82, 2.24) is 19.8 Å². The van der Waals surface area contributed by atoms with Gasteiger partial charge in [-0.05, 0) is 30.5 Å². The smallest absolute Gasteiger partial charge is 0.269 e. The molecule has 0 aliphatic heterocycles. The van der Waals surface area contributed by atoms with Gasteiger partial charge >= 0.3 is 0 Å². The molecule has 28 heavy (non-hydrogen) atoms. The highest BCUT2D eigenvalue weighted by Crippen LogP contribution is 2.31. The van der Waals surface area contributed by atoms with Crippen molar-refractivity contribution < 1.29 is 9.66 Å². The van der Waals surface area contributed by atoms with Crippen molar-refractivity contribution in [2.24, 2.45) is 0 Å². The highest BCUT2D eigenvalue weighted by Gasteiger charge is 2.17. The van der Waals surface area contributed by atoms with E-state index < -0.39 is 4.92 Å². The molecule has 0 spiro atoms. The van der Waals surface area contributed by atoms with Crippen molar-refractivity contribution in [2.45, 2.75) is 19.3 Å². The first-order valence-electron chi connectivity index (χ1n) is 8.69. The lowest BCUT2D eigenvalue weighted by Crippen LogP contribution is -1.98. The monoisotopic (exact) mass is 397 g/mol. The number of aromatic amines is 1. The number of para-hydroxylation sites is 1. The van der Waals surface area contributed by atoms with Gasteiger partial charge in [-0.1, -0.05) is 41.9 Å². The molecular formula is C19H16ClN5O3. The largest absolute Gasteiger partial charge is 0.438 e. The minimum absolute atomic E-state index is 0.0925. The fourth-order valence-electron chi connectivity index (χ4n) is 2.90. The van der Waals surface area contributed by atoms with Gasteiger partial charge in [-0.3, -0.25) is 15.2 Å². The van der Waals surface area contributed by atoms with Gasteiger partial charge in [0.05, 0.1) is 4.92 Å². The molecule has 142 valence electrons. The molecule has 0 aliphatic rings. The fraction of sp³-hybridized carbons (Fsp3) is 0.158. The van der Waals surface area contributed by atoms with Gasteiger partial charge in [-0.15, -0.1) is 10.2 Å². The minimum Gasteiger partial charge on any atom is -0.438 e. The topological polar surface area (TPSA) is 98.3 Å². The number of hydrogen-bond donors (Lipinski definition) is 1. The summed E-state index contributed by atoms with van der Waals surface area (Å²) >= 11 is 6.36. The Morgan fingerprint density at radius 1 is 1.07 bits per heavy atom. The second kappa shape index (κ2) is 7.69. The van der Waals surface area contributed by atoms with E-state index in [0.717, 1.165) is 24.2 Å². The summed E-state index contributed by atoms with van der Waals surface area (Å²) in [6, 6.07) is 15.9. The molecule has 0 radical (unpaired) electrons. The Morgan fingerprint density at radius 3 is 2.54 bits per heavy atom. The molecule has 0 fully saturated rings. The summed E-state index contributed by atoms with van der Waals surface area (Å²) in [6.45, 7) is 0. The Morgan fingerprint density at radius 2 is 1.82 bits per heavy atom. The second-order valence-corrected chi connectivity index (χ2v) is 6.60. The molecule has 0 saturated carbocycles. The van der Waals surface area contributed by atoms with Gasteiger partial charge in [-0.25, -0.2) is 4.52 Å². The number of nitrogens with one attached hydrogen (secondary N) is 1. The van der Waals surface area contributed by atoms with Crippen LogP contribution in [-0.4, -0.2) is 24.7 Å². The molecule has 2 aromatic carbocycles. The van der Waals surface area contributed by atoms with E-state index in [-0.39, 0.29) is 5.69 Å². The van der Waals surface area contributed by atoms with Gasteiger partial charge < -0.3 is 4.74 Å². The highest BCUT2D eigenvalue weighted by molar-refractivity contribution is 6.34. The Hall–Kier alpha value is -3.39. The number of aromatic nitrogens is 4. The molecule has 9 heteroatoms. The van der Waals surface area contributed by atoms with Crippen molar-refractivity contribution in [3.8, 4) is 11.6 Å². The van der Waals surface area contributed by atoms with Gasteiger partial charge in [0.1, 0.15) is 10.8 Å². The lowest BCUT2D eigenvalue weighted by Gasteiger charge is -2.03. The van der Waals surface area contributed by atoms with E-state index in [1.165, 1.54) is 12.1 Å². The van der Waals surface area contributed by atoms with Crippen molar-refractivity contribution in [3.05, 3.63) is 81.1 Å². The number of benzene rings is 2. The summed E-state index contributed by atoms with van der Waals surface area (Å²) in [5.74, 6) is 1.82. The molecule has 8 nitrogen and oxygen atoms in total. The van der Waals surface area contributed by atoms with Crippen LogP contribution in [0.5, 0.6) is 11.6 Å². The number of nitro groups is 1. The number of aryl methyl sites for hydroxylation is 2. The van der Waals surface area contributed by atoms with Gasteiger partial charge in [-0.2, -0.15) is 0 Å². The summed E-state index contributed by atoms with van der Waals surface area (Å²) in [5.41, 5.74) is 1.64. The first kappa shape index (κ1) is 18.0. The average Bonchev–Trinajstić information content (AvgIpc) is 3.24. The van der Waals surface area contributed by atoms with Gasteiger partial charge in [0.25, 0.3) is 5.69 Å². The molecule has 2 heterocycles. The molecule has 0 aliphatic carbocycles. The van der Waals surface area contributed by atoms with Crippen molar-refractivity contribution >= 4 is 22.9 Å². The SMILES string of the molecule is O=[N+]([O-])c1ccc(CCCc2nnc3c(Cl)c(Oc4ccccc4)[nH]n23)cc1. The van der Waals surface area contributed by atoms with Crippen LogP contribution in [0.15, 0.2) is 54.6 Å². The third kappa shape index (κ3) is 3.67. The summed E-state index contributed by atoms with van der Waals surface area (Å²) in [4.78, 5) is 10.3.